The molecule has 0 saturated heterocycles. The molecule has 5 nitrogen and oxygen atoms in total. The summed E-state index contributed by atoms with van der Waals surface area (Å²) in [7, 11) is 3.93. The molecule has 0 aliphatic rings. The van der Waals surface area contributed by atoms with Gasteiger partial charge in [0.05, 0.1) is 6.54 Å². The number of nitrogens with zero attached hydrogens (tertiary/aromatic N) is 3. The summed E-state index contributed by atoms with van der Waals surface area (Å²) in [5, 5.41) is 6.49. The molecule has 2 N–H and O–H groups in total. The number of hydrogen-bond donors (Lipinski definition) is 2. The van der Waals surface area contributed by atoms with Gasteiger partial charge in [-0.15, -0.1) is 24.0 Å². The van der Waals surface area contributed by atoms with Crippen molar-refractivity contribution >= 4 is 35.8 Å². The number of anilines is 1. The van der Waals surface area contributed by atoms with Gasteiger partial charge in [-0.25, -0.2) is 14.4 Å². The molecular formula is C18H25FIN5. The molecule has 0 saturated carbocycles. The van der Waals surface area contributed by atoms with Gasteiger partial charge in [0.15, 0.2) is 5.96 Å². The van der Waals surface area contributed by atoms with E-state index in [1.807, 2.05) is 44.1 Å². The number of benzene rings is 1. The Morgan fingerprint density at radius 3 is 2.68 bits per heavy atom. The predicted molar refractivity (Wildman–Crippen MR) is 112 cm³/mol. The van der Waals surface area contributed by atoms with Crippen molar-refractivity contribution < 1.29 is 4.39 Å². The molecule has 0 fully saturated rings. The molecule has 2 aromatic rings. The van der Waals surface area contributed by atoms with E-state index in [2.05, 4.69) is 20.6 Å². The van der Waals surface area contributed by atoms with Crippen molar-refractivity contribution in [3.63, 3.8) is 0 Å². The predicted octanol–water partition coefficient (Wildman–Crippen LogP) is 3.16. The third kappa shape index (κ3) is 6.85. The van der Waals surface area contributed by atoms with Crippen LogP contribution in [0.25, 0.3) is 0 Å². The quantitative estimate of drug-likeness (QED) is 0.398. The van der Waals surface area contributed by atoms with Crippen LogP contribution in [0.2, 0.25) is 0 Å². The lowest BCUT2D eigenvalue weighted by molar-refractivity contribution is 0.625. The van der Waals surface area contributed by atoms with Crippen LogP contribution in [0.1, 0.15) is 18.1 Å². The fraction of sp³-hybridized carbons (Fsp3) is 0.333. The Balaban J connectivity index is 0.00000312. The Hall–Kier alpha value is -1.90. The zero-order valence-electron chi connectivity index (χ0n) is 14.8. The molecule has 7 heteroatoms. The van der Waals surface area contributed by atoms with E-state index in [4.69, 9.17) is 0 Å². The summed E-state index contributed by atoms with van der Waals surface area (Å²) >= 11 is 0. The monoisotopic (exact) mass is 457 g/mol. The Labute approximate surface area is 165 Å². The van der Waals surface area contributed by atoms with Gasteiger partial charge < -0.3 is 15.5 Å². The van der Waals surface area contributed by atoms with Crippen molar-refractivity contribution in [3.8, 4) is 0 Å². The van der Waals surface area contributed by atoms with Gasteiger partial charge in [-0.1, -0.05) is 18.2 Å². The molecule has 0 bridgehead atoms. The first-order valence-electron chi connectivity index (χ1n) is 7.98. The molecule has 2 rings (SSSR count). The van der Waals surface area contributed by atoms with Crippen molar-refractivity contribution in [1.29, 1.82) is 0 Å². The zero-order chi connectivity index (χ0) is 17.4. The molecular weight excluding hydrogens is 432 g/mol. The minimum Gasteiger partial charge on any atom is -0.362 e. The fourth-order valence-electron chi connectivity index (χ4n) is 2.30. The minimum atomic E-state index is -0.244. The van der Waals surface area contributed by atoms with Crippen LogP contribution in [0.15, 0.2) is 47.6 Å². The highest BCUT2D eigenvalue weighted by Gasteiger charge is 2.06. The maximum atomic E-state index is 13.2. The summed E-state index contributed by atoms with van der Waals surface area (Å²) in [4.78, 5) is 10.9. The van der Waals surface area contributed by atoms with Crippen molar-refractivity contribution in [2.45, 2.75) is 20.0 Å². The van der Waals surface area contributed by atoms with E-state index in [0.717, 1.165) is 23.5 Å². The van der Waals surface area contributed by atoms with Crippen LogP contribution >= 0.6 is 24.0 Å². The van der Waals surface area contributed by atoms with Gasteiger partial charge in [-0.05, 0) is 30.7 Å². The first-order chi connectivity index (χ1) is 11.6. The molecule has 0 amide bonds. The minimum absolute atomic E-state index is 0. The normalized spacial score (nSPS) is 10.8. The average Bonchev–Trinajstić information content (AvgIpc) is 2.57. The van der Waals surface area contributed by atoms with Gasteiger partial charge in [0.25, 0.3) is 0 Å². The molecule has 0 aliphatic heterocycles. The van der Waals surface area contributed by atoms with Crippen LogP contribution in [0.3, 0.4) is 0 Å². The first-order valence-corrected chi connectivity index (χ1v) is 7.98. The number of rotatable bonds is 6. The summed E-state index contributed by atoms with van der Waals surface area (Å²) in [5.74, 6) is 1.37. The molecule has 0 atom stereocenters. The number of pyridine rings is 1. The number of nitrogens with one attached hydrogen (secondary N) is 2. The molecule has 0 aliphatic carbocycles. The topological polar surface area (TPSA) is 52.6 Å². The van der Waals surface area contributed by atoms with Gasteiger partial charge in [-0.2, -0.15) is 0 Å². The summed E-state index contributed by atoms with van der Waals surface area (Å²) in [6.07, 6.45) is 1.78. The molecule has 0 spiro atoms. The van der Waals surface area contributed by atoms with Crippen molar-refractivity contribution in [2.24, 2.45) is 4.99 Å². The Morgan fingerprint density at radius 1 is 1.20 bits per heavy atom. The summed E-state index contributed by atoms with van der Waals surface area (Å²) < 4.78 is 13.2. The average molecular weight is 457 g/mol. The van der Waals surface area contributed by atoms with Crippen molar-refractivity contribution in [3.05, 3.63) is 59.5 Å². The SMILES string of the molecule is CCNC(=NCc1cccc(F)c1)NCc1cccnc1N(C)C.I. The van der Waals surface area contributed by atoms with Gasteiger partial charge in [0, 0.05) is 38.9 Å². The van der Waals surface area contributed by atoms with Crippen LogP contribution in [0.5, 0.6) is 0 Å². The molecule has 25 heavy (non-hydrogen) atoms. The van der Waals surface area contributed by atoms with E-state index in [0.29, 0.717) is 19.0 Å². The number of guanidine groups is 1. The van der Waals surface area contributed by atoms with Crippen LogP contribution in [-0.4, -0.2) is 31.6 Å². The Kier molecular flexibility index (Phi) is 9.18. The zero-order valence-corrected chi connectivity index (χ0v) is 17.1. The molecule has 1 aromatic heterocycles. The second-order valence-corrected chi connectivity index (χ2v) is 5.56. The highest BCUT2D eigenvalue weighted by atomic mass is 127. The summed E-state index contributed by atoms with van der Waals surface area (Å²) in [6.45, 7) is 3.79. The van der Waals surface area contributed by atoms with Crippen molar-refractivity contribution in [1.82, 2.24) is 15.6 Å². The molecule has 0 radical (unpaired) electrons. The van der Waals surface area contributed by atoms with Crippen LogP contribution < -0.4 is 15.5 Å². The Bertz CT molecular complexity index is 691. The van der Waals surface area contributed by atoms with Gasteiger partial charge in [0.1, 0.15) is 11.6 Å². The molecule has 1 heterocycles. The molecule has 136 valence electrons. The second-order valence-electron chi connectivity index (χ2n) is 5.56. The van der Waals surface area contributed by atoms with Gasteiger partial charge >= 0.3 is 0 Å². The number of aliphatic imine (C=N–C) groups is 1. The van der Waals surface area contributed by atoms with Crippen molar-refractivity contribution in [2.75, 3.05) is 25.5 Å². The molecule has 1 aromatic carbocycles. The van der Waals surface area contributed by atoms with Crippen LogP contribution in [0.4, 0.5) is 10.2 Å². The lowest BCUT2D eigenvalue weighted by Crippen LogP contribution is -2.37. The number of hydrogen-bond acceptors (Lipinski definition) is 3. The van der Waals surface area contributed by atoms with E-state index in [9.17, 15) is 4.39 Å². The lowest BCUT2D eigenvalue weighted by Gasteiger charge is -2.17. The number of aromatic nitrogens is 1. The maximum absolute atomic E-state index is 13.2. The van der Waals surface area contributed by atoms with E-state index >= 15 is 0 Å². The smallest absolute Gasteiger partial charge is 0.191 e. The largest absolute Gasteiger partial charge is 0.362 e. The lowest BCUT2D eigenvalue weighted by atomic mass is 10.2. The van der Waals surface area contributed by atoms with Crippen LogP contribution in [-0.2, 0) is 13.1 Å². The van der Waals surface area contributed by atoms with E-state index in [1.165, 1.54) is 12.1 Å². The molecule has 0 unspecified atom stereocenters. The summed E-state index contributed by atoms with van der Waals surface area (Å²) in [6, 6.07) is 10.4. The van der Waals surface area contributed by atoms with Gasteiger partial charge in [0.2, 0.25) is 0 Å². The highest BCUT2D eigenvalue weighted by Crippen LogP contribution is 2.13. The maximum Gasteiger partial charge on any atom is 0.191 e. The fourth-order valence-corrected chi connectivity index (χ4v) is 2.30. The van der Waals surface area contributed by atoms with E-state index in [-0.39, 0.29) is 29.8 Å². The summed E-state index contributed by atoms with van der Waals surface area (Å²) in [5.41, 5.74) is 1.92. The third-order valence-corrected chi connectivity index (χ3v) is 3.39. The van der Waals surface area contributed by atoms with Gasteiger partial charge in [-0.3, -0.25) is 0 Å². The second kappa shape index (κ2) is 10.9. The standard InChI is InChI=1S/C18H24FN5.HI/c1-4-20-18(22-12-14-7-5-9-16(19)11-14)23-13-15-8-6-10-21-17(15)24(2)3;/h5-11H,4,12-13H2,1-3H3,(H2,20,22,23);1H. The first kappa shape index (κ1) is 21.1. The highest BCUT2D eigenvalue weighted by molar-refractivity contribution is 14.0. The van der Waals surface area contributed by atoms with E-state index in [1.54, 1.807) is 12.3 Å². The Morgan fingerprint density at radius 2 is 2.00 bits per heavy atom. The van der Waals surface area contributed by atoms with E-state index < -0.39 is 0 Å². The third-order valence-electron chi connectivity index (χ3n) is 3.39. The van der Waals surface area contributed by atoms with Crippen LogP contribution in [0, 0.1) is 5.82 Å². The number of halogens is 2.